The zero-order valence-corrected chi connectivity index (χ0v) is 16.5. The van der Waals surface area contributed by atoms with Gasteiger partial charge < -0.3 is 10.6 Å². The average molecular weight is 377 g/mol. The Kier molecular flexibility index (Phi) is 6.58. The van der Waals surface area contributed by atoms with Crippen molar-refractivity contribution in [2.75, 3.05) is 11.9 Å². The van der Waals surface area contributed by atoms with Crippen LogP contribution in [0.5, 0.6) is 0 Å². The van der Waals surface area contributed by atoms with Crippen LogP contribution in [0.2, 0.25) is 0 Å². The second-order valence-electron chi connectivity index (χ2n) is 7.32. The van der Waals surface area contributed by atoms with Crippen LogP contribution in [0.15, 0.2) is 48.2 Å². The molecule has 0 saturated heterocycles. The summed E-state index contributed by atoms with van der Waals surface area (Å²) in [5.41, 5.74) is 4.96. The number of anilines is 1. The number of aromatic nitrogens is 1. The predicted octanol–water partition coefficient (Wildman–Crippen LogP) is 4.57. The summed E-state index contributed by atoms with van der Waals surface area (Å²) in [5, 5.41) is 5.80. The smallest absolute Gasteiger partial charge is 0.274 e. The lowest BCUT2D eigenvalue weighted by molar-refractivity contribution is 0.0954. The molecule has 1 heterocycles. The van der Waals surface area contributed by atoms with Crippen LogP contribution in [0.1, 0.15) is 64.1 Å². The van der Waals surface area contributed by atoms with Gasteiger partial charge in [-0.2, -0.15) is 0 Å². The van der Waals surface area contributed by atoms with Gasteiger partial charge in [0.05, 0.1) is 0 Å². The summed E-state index contributed by atoms with van der Waals surface area (Å²) in [6, 6.07) is 8.99. The molecule has 3 rings (SSSR count). The van der Waals surface area contributed by atoms with Gasteiger partial charge in [0, 0.05) is 24.0 Å². The highest BCUT2D eigenvalue weighted by Crippen LogP contribution is 2.19. The van der Waals surface area contributed by atoms with Crippen LogP contribution < -0.4 is 10.6 Å². The number of rotatable bonds is 6. The molecule has 0 spiro atoms. The largest absolute Gasteiger partial charge is 0.352 e. The Balaban J connectivity index is 1.60. The Morgan fingerprint density at radius 2 is 1.93 bits per heavy atom. The molecule has 0 saturated carbocycles. The second kappa shape index (κ2) is 9.31. The van der Waals surface area contributed by atoms with E-state index in [0.29, 0.717) is 12.1 Å². The molecule has 2 N–H and O–H groups in total. The zero-order valence-electron chi connectivity index (χ0n) is 16.5. The Morgan fingerprint density at radius 1 is 1.07 bits per heavy atom. The van der Waals surface area contributed by atoms with Crippen LogP contribution in [0.3, 0.4) is 0 Å². The van der Waals surface area contributed by atoms with Crippen LogP contribution in [0.25, 0.3) is 0 Å². The van der Waals surface area contributed by atoms with Crippen molar-refractivity contribution < 1.29 is 9.59 Å². The lowest BCUT2D eigenvalue weighted by Crippen LogP contribution is -2.25. The van der Waals surface area contributed by atoms with Gasteiger partial charge in [0.1, 0.15) is 5.69 Å². The fraction of sp³-hybridized carbons (Fsp3) is 0.348. The van der Waals surface area contributed by atoms with Crippen molar-refractivity contribution in [2.24, 2.45) is 0 Å². The standard InChI is InChI=1S/C23H27N3O2/c1-16-8-9-20(17(2)14-16)26-23(28)21-15-19(11-13-24-21)22(27)25-12-10-18-6-4-3-5-7-18/h6,8-9,11,13-15H,3-5,7,10,12H2,1-2H3,(H,25,27)(H,26,28). The van der Waals surface area contributed by atoms with Crippen LogP contribution in [-0.4, -0.2) is 23.3 Å². The molecule has 2 aromatic rings. The van der Waals surface area contributed by atoms with Crippen molar-refractivity contribution in [1.29, 1.82) is 0 Å². The van der Waals surface area contributed by atoms with Gasteiger partial charge in [0.25, 0.3) is 11.8 Å². The molecule has 1 aliphatic carbocycles. The first-order valence-corrected chi connectivity index (χ1v) is 9.84. The maximum atomic E-state index is 12.5. The zero-order chi connectivity index (χ0) is 19.9. The van der Waals surface area contributed by atoms with Crippen molar-refractivity contribution >= 4 is 17.5 Å². The van der Waals surface area contributed by atoms with Gasteiger partial charge in [-0.3, -0.25) is 14.6 Å². The van der Waals surface area contributed by atoms with E-state index in [1.165, 1.54) is 30.7 Å². The maximum Gasteiger partial charge on any atom is 0.274 e. The Hall–Kier alpha value is -2.95. The van der Waals surface area contributed by atoms with E-state index in [1.54, 1.807) is 6.07 Å². The summed E-state index contributed by atoms with van der Waals surface area (Å²) in [4.78, 5) is 29.1. The number of pyridine rings is 1. The second-order valence-corrected chi connectivity index (χ2v) is 7.32. The number of nitrogens with one attached hydrogen (secondary N) is 2. The van der Waals surface area contributed by atoms with Crippen LogP contribution in [-0.2, 0) is 0 Å². The van der Waals surface area contributed by atoms with Gasteiger partial charge in [0.2, 0.25) is 0 Å². The molecule has 146 valence electrons. The first-order valence-electron chi connectivity index (χ1n) is 9.84. The van der Waals surface area contributed by atoms with Gasteiger partial charge in [-0.25, -0.2) is 0 Å². The van der Waals surface area contributed by atoms with E-state index in [9.17, 15) is 9.59 Å². The number of allylic oxidation sites excluding steroid dienone is 1. The van der Waals surface area contributed by atoms with Crippen LogP contribution >= 0.6 is 0 Å². The number of carbonyl (C=O) groups is 2. The number of aryl methyl sites for hydroxylation is 2. The number of amides is 2. The molecule has 0 fully saturated rings. The molecule has 0 bridgehead atoms. The fourth-order valence-electron chi connectivity index (χ4n) is 3.41. The van der Waals surface area contributed by atoms with Crippen molar-refractivity contribution in [3.8, 4) is 0 Å². The predicted molar refractivity (Wildman–Crippen MR) is 112 cm³/mol. The minimum atomic E-state index is -0.325. The first-order chi connectivity index (χ1) is 13.5. The van der Waals surface area contributed by atoms with Gasteiger partial charge in [-0.15, -0.1) is 0 Å². The minimum Gasteiger partial charge on any atom is -0.352 e. The van der Waals surface area contributed by atoms with Crippen molar-refractivity contribution in [3.63, 3.8) is 0 Å². The molecule has 28 heavy (non-hydrogen) atoms. The van der Waals surface area contributed by atoms with Gasteiger partial charge in [-0.1, -0.05) is 29.3 Å². The average Bonchev–Trinajstić information content (AvgIpc) is 2.71. The highest BCUT2D eigenvalue weighted by molar-refractivity contribution is 6.05. The first kappa shape index (κ1) is 19.8. The molecule has 1 aliphatic rings. The molecule has 0 unspecified atom stereocenters. The molecular formula is C23H27N3O2. The van der Waals surface area contributed by atoms with Gasteiger partial charge in [-0.05, 0) is 69.7 Å². The molecular weight excluding hydrogens is 350 g/mol. The summed E-state index contributed by atoms with van der Waals surface area (Å²) in [7, 11) is 0. The van der Waals surface area contributed by atoms with Crippen molar-refractivity contribution in [3.05, 3.63) is 70.6 Å². The number of hydrogen-bond donors (Lipinski definition) is 2. The molecule has 1 aromatic heterocycles. The summed E-state index contributed by atoms with van der Waals surface area (Å²) in [6.45, 7) is 4.56. The molecule has 0 radical (unpaired) electrons. The lowest BCUT2D eigenvalue weighted by atomic mass is 9.97. The van der Waals surface area contributed by atoms with Gasteiger partial charge >= 0.3 is 0 Å². The topological polar surface area (TPSA) is 71.1 Å². The van der Waals surface area contributed by atoms with Crippen molar-refractivity contribution in [2.45, 2.75) is 46.0 Å². The summed E-state index contributed by atoms with van der Waals surface area (Å²) in [6.07, 6.45) is 9.45. The summed E-state index contributed by atoms with van der Waals surface area (Å²) >= 11 is 0. The molecule has 5 heteroatoms. The van der Waals surface area contributed by atoms with Gasteiger partial charge in [0.15, 0.2) is 0 Å². The Morgan fingerprint density at radius 3 is 2.68 bits per heavy atom. The van der Waals surface area contributed by atoms with E-state index >= 15 is 0 Å². The monoisotopic (exact) mass is 377 g/mol. The van der Waals surface area contributed by atoms with E-state index in [-0.39, 0.29) is 17.5 Å². The number of carbonyl (C=O) groups excluding carboxylic acids is 2. The Labute approximate surface area is 166 Å². The van der Waals surface area contributed by atoms with E-state index in [1.807, 2.05) is 32.0 Å². The molecule has 5 nitrogen and oxygen atoms in total. The van der Waals surface area contributed by atoms with E-state index in [2.05, 4.69) is 21.7 Å². The molecule has 2 amide bonds. The number of benzene rings is 1. The lowest BCUT2D eigenvalue weighted by Gasteiger charge is -2.13. The number of hydrogen-bond acceptors (Lipinski definition) is 3. The van der Waals surface area contributed by atoms with E-state index < -0.39 is 0 Å². The highest BCUT2D eigenvalue weighted by Gasteiger charge is 2.13. The molecule has 1 aromatic carbocycles. The SMILES string of the molecule is Cc1ccc(NC(=O)c2cc(C(=O)NCCC3=CCCCC3)ccn2)c(C)c1. The molecule has 0 atom stereocenters. The van der Waals surface area contributed by atoms with E-state index in [0.717, 1.165) is 36.1 Å². The van der Waals surface area contributed by atoms with Crippen LogP contribution in [0, 0.1) is 13.8 Å². The maximum absolute atomic E-state index is 12.5. The Bertz CT molecular complexity index is 902. The highest BCUT2D eigenvalue weighted by atomic mass is 16.2. The number of nitrogens with zero attached hydrogens (tertiary/aromatic N) is 1. The summed E-state index contributed by atoms with van der Waals surface area (Å²) in [5.74, 6) is -0.506. The van der Waals surface area contributed by atoms with Crippen LogP contribution in [0.4, 0.5) is 5.69 Å². The minimum absolute atomic E-state index is 0.181. The quantitative estimate of drug-likeness (QED) is 0.724. The fourth-order valence-corrected chi connectivity index (χ4v) is 3.41. The normalized spacial score (nSPS) is 13.6. The summed E-state index contributed by atoms with van der Waals surface area (Å²) < 4.78 is 0. The third-order valence-corrected chi connectivity index (χ3v) is 5.00. The third-order valence-electron chi connectivity index (χ3n) is 5.00. The molecule has 0 aliphatic heterocycles. The third kappa shape index (κ3) is 5.28. The van der Waals surface area contributed by atoms with E-state index in [4.69, 9.17) is 0 Å². The van der Waals surface area contributed by atoms with Crippen molar-refractivity contribution in [1.82, 2.24) is 10.3 Å².